The van der Waals surface area contributed by atoms with Crippen LogP contribution >= 0.6 is 23.5 Å². The number of aromatic nitrogens is 2. The summed E-state index contributed by atoms with van der Waals surface area (Å²) in [4.78, 5) is 8.48. The maximum absolute atomic E-state index is 4.24. The molecule has 0 aliphatic rings. The van der Waals surface area contributed by atoms with E-state index in [2.05, 4.69) is 9.97 Å². The Hall–Kier alpha value is -1.00. The third-order valence-corrected chi connectivity index (χ3v) is 3.71. The van der Waals surface area contributed by atoms with Crippen LogP contribution < -0.4 is 0 Å². The largest absolute Gasteiger partial charge is 0.250 e. The predicted molar refractivity (Wildman–Crippen MR) is 65.1 cm³/mol. The molecule has 2 aromatic rings. The molecule has 0 spiro atoms. The molecule has 0 fully saturated rings. The first-order chi connectivity index (χ1) is 7.45. The van der Waals surface area contributed by atoms with Gasteiger partial charge in [0.15, 0.2) is 0 Å². The van der Waals surface area contributed by atoms with E-state index in [9.17, 15) is 0 Å². The summed E-state index contributed by atoms with van der Waals surface area (Å²) in [6.07, 6.45) is 3.63. The van der Waals surface area contributed by atoms with Crippen molar-refractivity contribution in [2.45, 2.75) is 10.1 Å². The zero-order valence-corrected chi connectivity index (χ0v) is 9.67. The van der Waals surface area contributed by atoms with E-state index < -0.39 is 0 Å². The molecule has 0 saturated carbocycles. The minimum atomic E-state index is 0.939. The van der Waals surface area contributed by atoms with Crippen molar-refractivity contribution in [1.82, 2.24) is 9.97 Å². The van der Waals surface area contributed by atoms with Gasteiger partial charge in [-0.15, -0.1) is 0 Å². The lowest BCUT2D eigenvalue weighted by molar-refractivity contribution is 1.13. The fraction of sp³-hybridized carbons (Fsp3) is 0.0909. The highest BCUT2D eigenvalue weighted by Gasteiger charge is 1.96. The molecular weight excluding hydrogens is 224 g/mol. The zero-order chi connectivity index (χ0) is 10.3. The van der Waals surface area contributed by atoms with Gasteiger partial charge in [0.05, 0.1) is 15.1 Å². The highest BCUT2D eigenvalue weighted by molar-refractivity contribution is 8.15. The average Bonchev–Trinajstić information content (AvgIpc) is 2.32. The lowest BCUT2D eigenvalue weighted by Gasteiger charge is -1.99. The highest BCUT2D eigenvalue weighted by atomic mass is 32.2. The van der Waals surface area contributed by atoms with Crippen LogP contribution in [0, 0.1) is 0 Å². The molecular formula is C11H10N2S2. The van der Waals surface area contributed by atoms with E-state index in [1.807, 2.05) is 48.8 Å². The van der Waals surface area contributed by atoms with Gasteiger partial charge >= 0.3 is 0 Å². The van der Waals surface area contributed by atoms with E-state index in [4.69, 9.17) is 0 Å². The van der Waals surface area contributed by atoms with Crippen LogP contribution in [0.3, 0.4) is 0 Å². The Morgan fingerprint density at radius 1 is 0.800 bits per heavy atom. The van der Waals surface area contributed by atoms with Gasteiger partial charge in [0.1, 0.15) is 0 Å². The summed E-state index contributed by atoms with van der Waals surface area (Å²) in [5, 5.41) is 3.05. The molecule has 2 heterocycles. The maximum Gasteiger partial charge on any atom is 0.0967 e. The van der Waals surface area contributed by atoms with Crippen molar-refractivity contribution in [2.75, 3.05) is 5.08 Å². The number of hydrogen-bond donors (Lipinski definition) is 0. The van der Waals surface area contributed by atoms with Gasteiger partial charge in [-0.1, -0.05) is 35.7 Å². The van der Waals surface area contributed by atoms with Crippen LogP contribution in [-0.2, 0) is 0 Å². The van der Waals surface area contributed by atoms with Crippen LogP contribution in [0.4, 0.5) is 0 Å². The van der Waals surface area contributed by atoms with Crippen molar-refractivity contribution in [3.63, 3.8) is 0 Å². The summed E-state index contributed by atoms with van der Waals surface area (Å²) >= 11 is 3.45. The van der Waals surface area contributed by atoms with Gasteiger partial charge in [0.2, 0.25) is 0 Å². The fourth-order valence-corrected chi connectivity index (χ4v) is 2.84. The Bertz CT molecular complexity index is 352. The molecule has 2 nitrogen and oxygen atoms in total. The zero-order valence-electron chi connectivity index (χ0n) is 8.04. The normalized spacial score (nSPS) is 10.1. The van der Waals surface area contributed by atoms with Gasteiger partial charge in [-0.3, -0.25) is 0 Å². The summed E-state index contributed by atoms with van der Waals surface area (Å²) in [7, 11) is 0. The molecule has 0 aliphatic carbocycles. The summed E-state index contributed by atoms with van der Waals surface area (Å²) < 4.78 is 0. The minimum absolute atomic E-state index is 0.939. The second-order valence-corrected chi connectivity index (χ2v) is 5.10. The third-order valence-electron chi connectivity index (χ3n) is 1.69. The quantitative estimate of drug-likeness (QED) is 0.598. The molecule has 0 unspecified atom stereocenters. The lowest BCUT2D eigenvalue weighted by atomic mass is 10.5. The standard InChI is InChI=1S/C11H10N2S2/c1-3-7-12-10(5-1)14-9-15-11-6-2-4-8-13-11/h1-8H,9H2. The van der Waals surface area contributed by atoms with Crippen molar-refractivity contribution in [3.8, 4) is 0 Å². The number of rotatable bonds is 4. The molecule has 0 bridgehead atoms. The van der Waals surface area contributed by atoms with Crippen molar-refractivity contribution in [1.29, 1.82) is 0 Å². The Balaban J connectivity index is 1.81. The third kappa shape index (κ3) is 3.57. The van der Waals surface area contributed by atoms with Crippen molar-refractivity contribution in [3.05, 3.63) is 48.8 Å². The summed E-state index contributed by atoms with van der Waals surface area (Å²) in [5.74, 6) is 0. The molecule has 0 aromatic carbocycles. The van der Waals surface area contributed by atoms with Crippen molar-refractivity contribution < 1.29 is 0 Å². The maximum atomic E-state index is 4.24. The number of pyridine rings is 2. The van der Waals surface area contributed by atoms with Gasteiger partial charge in [0.25, 0.3) is 0 Å². The molecule has 4 heteroatoms. The molecule has 0 aliphatic heterocycles. The van der Waals surface area contributed by atoms with Crippen LogP contribution in [0.1, 0.15) is 0 Å². The van der Waals surface area contributed by atoms with Gasteiger partial charge in [-0.25, -0.2) is 9.97 Å². The van der Waals surface area contributed by atoms with E-state index >= 15 is 0 Å². The number of nitrogens with zero attached hydrogens (tertiary/aromatic N) is 2. The van der Waals surface area contributed by atoms with E-state index in [1.54, 1.807) is 23.5 Å². The van der Waals surface area contributed by atoms with Gasteiger partial charge in [-0.2, -0.15) is 0 Å². The van der Waals surface area contributed by atoms with E-state index in [1.165, 1.54) is 0 Å². The van der Waals surface area contributed by atoms with Gasteiger partial charge < -0.3 is 0 Å². The summed E-state index contributed by atoms with van der Waals surface area (Å²) in [5.41, 5.74) is 0. The second-order valence-electron chi connectivity index (χ2n) is 2.74. The first-order valence-electron chi connectivity index (χ1n) is 4.53. The fourth-order valence-electron chi connectivity index (χ4n) is 1.02. The summed E-state index contributed by atoms with van der Waals surface area (Å²) in [6.45, 7) is 0. The smallest absolute Gasteiger partial charge is 0.0967 e. The van der Waals surface area contributed by atoms with Crippen LogP contribution in [0.15, 0.2) is 58.8 Å². The Morgan fingerprint density at radius 3 is 1.73 bits per heavy atom. The van der Waals surface area contributed by atoms with E-state index in [0.29, 0.717) is 0 Å². The Labute approximate surface area is 97.5 Å². The first kappa shape index (κ1) is 10.5. The Morgan fingerprint density at radius 2 is 1.33 bits per heavy atom. The SMILES string of the molecule is c1ccc(SCSc2ccccn2)nc1. The van der Waals surface area contributed by atoms with Crippen LogP contribution in [0.5, 0.6) is 0 Å². The Kier molecular flexibility index (Phi) is 4.05. The minimum Gasteiger partial charge on any atom is -0.250 e. The van der Waals surface area contributed by atoms with Crippen LogP contribution in [0.2, 0.25) is 0 Å². The molecule has 2 aromatic heterocycles. The van der Waals surface area contributed by atoms with E-state index in [0.717, 1.165) is 15.1 Å². The first-order valence-corrected chi connectivity index (χ1v) is 6.50. The molecule has 0 N–H and O–H groups in total. The molecule has 0 atom stereocenters. The number of hydrogen-bond acceptors (Lipinski definition) is 4. The van der Waals surface area contributed by atoms with Gasteiger partial charge in [-0.05, 0) is 24.3 Å². The number of thioether (sulfide) groups is 2. The molecule has 0 saturated heterocycles. The van der Waals surface area contributed by atoms with Crippen LogP contribution in [0.25, 0.3) is 0 Å². The molecule has 0 radical (unpaired) electrons. The van der Waals surface area contributed by atoms with Crippen LogP contribution in [-0.4, -0.2) is 15.1 Å². The monoisotopic (exact) mass is 234 g/mol. The van der Waals surface area contributed by atoms with Gasteiger partial charge in [0, 0.05) is 12.4 Å². The predicted octanol–water partition coefficient (Wildman–Crippen LogP) is 3.32. The summed E-state index contributed by atoms with van der Waals surface area (Å²) in [6, 6.07) is 11.9. The molecule has 0 amide bonds. The second kappa shape index (κ2) is 5.78. The van der Waals surface area contributed by atoms with E-state index in [-0.39, 0.29) is 0 Å². The lowest BCUT2D eigenvalue weighted by Crippen LogP contribution is -1.80. The van der Waals surface area contributed by atoms with Crippen molar-refractivity contribution >= 4 is 23.5 Å². The molecule has 2 rings (SSSR count). The average molecular weight is 234 g/mol. The molecule has 76 valence electrons. The van der Waals surface area contributed by atoms with Crippen molar-refractivity contribution in [2.24, 2.45) is 0 Å². The highest BCUT2D eigenvalue weighted by Crippen LogP contribution is 2.24. The molecule has 15 heavy (non-hydrogen) atoms. The topological polar surface area (TPSA) is 25.8 Å².